The minimum absolute atomic E-state index is 0.0110. The molecule has 0 N–H and O–H groups in total. The molecule has 0 aromatic heterocycles. The second kappa shape index (κ2) is 8.06. The number of amides is 2. The van der Waals surface area contributed by atoms with Crippen LogP contribution in [0.1, 0.15) is 88.5 Å². The molecule has 5 heteroatoms. The van der Waals surface area contributed by atoms with Crippen molar-refractivity contribution in [2.75, 3.05) is 5.75 Å². The van der Waals surface area contributed by atoms with Crippen molar-refractivity contribution in [2.24, 2.45) is 5.41 Å². The lowest BCUT2D eigenvalue weighted by atomic mass is 9.87. The lowest BCUT2D eigenvalue weighted by Gasteiger charge is -2.34. The summed E-state index contributed by atoms with van der Waals surface area (Å²) in [6.45, 7) is 21.6. The van der Waals surface area contributed by atoms with E-state index in [0.717, 1.165) is 18.6 Å². The van der Waals surface area contributed by atoms with Crippen LogP contribution >= 0.6 is 23.5 Å². The number of hydrogen-bond acceptors (Lipinski definition) is 4. The van der Waals surface area contributed by atoms with Gasteiger partial charge in [-0.15, -0.1) is 11.8 Å². The molecule has 1 atom stereocenters. The zero-order chi connectivity index (χ0) is 20.6. The normalized spacial score (nSPS) is 20.2. The molecule has 26 heavy (non-hydrogen) atoms. The molecule has 0 aromatic rings. The van der Waals surface area contributed by atoms with Gasteiger partial charge in [0.15, 0.2) is 0 Å². The molecule has 152 valence electrons. The highest BCUT2D eigenvalue weighted by Gasteiger charge is 2.46. The Morgan fingerprint density at radius 2 is 1.46 bits per heavy atom. The average Bonchev–Trinajstić information content (AvgIpc) is 2.68. The van der Waals surface area contributed by atoms with E-state index in [9.17, 15) is 9.59 Å². The van der Waals surface area contributed by atoms with Crippen molar-refractivity contribution in [3.8, 4) is 0 Å². The van der Waals surface area contributed by atoms with Gasteiger partial charge in [0.05, 0.1) is 5.25 Å². The van der Waals surface area contributed by atoms with E-state index in [2.05, 4.69) is 48.5 Å². The molecule has 3 nitrogen and oxygen atoms in total. The Hall–Kier alpha value is -0.160. The van der Waals surface area contributed by atoms with Gasteiger partial charge in [-0.05, 0) is 44.8 Å². The monoisotopic (exact) mass is 401 g/mol. The van der Waals surface area contributed by atoms with Gasteiger partial charge in [0.2, 0.25) is 11.8 Å². The van der Waals surface area contributed by atoms with E-state index in [1.165, 1.54) is 4.90 Å². The molecule has 2 amide bonds. The number of carbonyl (C=O) groups excluding carboxylic acids is 2. The maximum absolute atomic E-state index is 12.7. The van der Waals surface area contributed by atoms with Gasteiger partial charge in [-0.1, -0.05) is 48.5 Å². The van der Waals surface area contributed by atoms with Crippen molar-refractivity contribution < 1.29 is 9.59 Å². The van der Waals surface area contributed by atoms with Gasteiger partial charge in [0, 0.05) is 21.5 Å². The van der Waals surface area contributed by atoms with Gasteiger partial charge in [0.25, 0.3) is 0 Å². The molecule has 0 saturated carbocycles. The maximum Gasteiger partial charge on any atom is 0.243 e. The Morgan fingerprint density at radius 1 is 0.923 bits per heavy atom. The summed E-state index contributed by atoms with van der Waals surface area (Å²) in [5.74, 6) is 1.09. The number of nitrogens with zero attached hydrogens (tertiary/aromatic N) is 1. The topological polar surface area (TPSA) is 37.4 Å². The van der Waals surface area contributed by atoms with Gasteiger partial charge in [-0.3, -0.25) is 14.5 Å². The zero-order valence-electron chi connectivity index (χ0n) is 18.5. The van der Waals surface area contributed by atoms with Crippen LogP contribution < -0.4 is 0 Å². The van der Waals surface area contributed by atoms with Gasteiger partial charge >= 0.3 is 0 Å². The van der Waals surface area contributed by atoms with E-state index in [0.29, 0.717) is 6.42 Å². The van der Waals surface area contributed by atoms with Crippen LogP contribution in [-0.4, -0.2) is 42.8 Å². The molecular formula is C21H39NO2S2. The molecule has 0 aromatic carbocycles. The van der Waals surface area contributed by atoms with E-state index < -0.39 is 5.54 Å². The van der Waals surface area contributed by atoms with Crippen LogP contribution in [0, 0.1) is 5.41 Å². The standard InChI is InChI=1S/C21H39NO2S2/c1-18(2,3)22-16(23)13-15(17(22)24)26-21(9,10)12-11-20(7,8)14-25-19(4,5)6/h15H,11-14H2,1-10H3. The third kappa shape index (κ3) is 7.46. The Balaban J connectivity index is 2.64. The molecule has 0 bridgehead atoms. The summed E-state index contributed by atoms with van der Waals surface area (Å²) in [7, 11) is 0. The lowest BCUT2D eigenvalue weighted by molar-refractivity contribution is -0.143. The van der Waals surface area contributed by atoms with Crippen LogP contribution in [0.4, 0.5) is 0 Å². The minimum atomic E-state index is -0.431. The number of rotatable bonds is 7. The van der Waals surface area contributed by atoms with E-state index in [-0.39, 0.29) is 32.0 Å². The summed E-state index contributed by atoms with van der Waals surface area (Å²) in [5, 5.41) is -0.233. The summed E-state index contributed by atoms with van der Waals surface area (Å²) >= 11 is 3.70. The molecule has 0 spiro atoms. The smallest absolute Gasteiger partial charge is 0.243 e. The average molecular weight is 402 g/mol. The van der Waals surface area contributed by atoms with Gasteiger partial charge in [0.1, 0.15) is 0 Å². The molecule has 0 radical (unpaired) electrons. The predicted molar refractivity (Wildman–Crippen MR) is 117 cm³/mol. The fourth-order valence-corrected chi connectivity index (χ4v) is 5.36. The summed E-state index contributed by atoms with van der Waals surface area (Å²) in [4.78, 5) is 26.5. The van der Waals surface area contributed by atoms with Crippen LogP contribution in [0.15, 0.2) is 0 Å². The van der Waals surface area contributed by atoms with Crippen LogP contribution in [0.5, 0.6) is 0 Å². The largest absolute Gasteiger partial charge is 0.276 e. The SMILES string of the molecule is CC(C)(CCC(C)(C)SC1CC(=O)N(C(C)(C)C)C1=O)CSC(C)(C)C. The second-order valence-electron chi connectivity index (χ2n) is 10.9. The molecule has 0 aliphatic carbocycles. The second-order valence-corrected chi connectivity index (χ2v) is 14.6. The number of thioether (sulfide) groups is 2. The van der Waals surface area contributed by atoms with Gasteiger partial charge in [-0.25, -0.2) is 0 Å². The summed E-state index contributed by atoms with van der Waals surface area (Å²) < 4.78 is 0.271. The first-order valence-electron chi connectivity index (χ1n) is 9.62. The minimum Gasteiger partial charge on any atom is -0.276 e. The van der Waals surface area contributed by atoms with Crippen molar-refractivity contribution in [3.05, 3.63) is 0 Å². The molecule has 1 aliphatic rings. The Labute approximate surface area is 169 Å². The summed E-state index contributed by atoms with van der Waals surface area (Å²) in [5.41, 5.74) is -0.164. The van der Waals surface area contributed by atoms with E-state index in [4.69, 9.17) is 0 Å². The fourth-order valence-electron chi connectivity index (χ4n) is 2.97. The number of imide groups is 1. The Kier molecular flexibility index (Phi) is 7.41. The summed E-state index contributed by atoms with van der Waals surface area (Å²) in [6.07, 6.45) is 2.50. The molecule has 1 fully saturated rings. The number of likely N-dealkylation sites (tertiary alicyclic amines) is 1. The van der Waals surface area contributed by atoms with Crippen molar-refractivity contribution >= 4 is 35.3 Å². The molecule has 1 saturated heterocycles. The Morgan fingerprint density at radius 3 is 1.88 bits per heavy atom. The van der Waals surface area contributed by atoms with Crippen LogP contribution in [0.2, 0.25) is 0 Å². The quantitative estimate of drug-likeness (QED) is 0.508. The van der Waals surface area contributed by atoms with Crippen molar-refractivity contribution in [1.82, 2.24) is 4.90 Å². The van der Waals surface area contributed by atoms with Crippen LogP contribution in [0.3, 0.4) is 0 Å². The molecule has 1 unspecified atom stereocenters. The molecule has 1 heterocycles. The predicted octanol–water partition coefficient (Wildman–Crippen LogP) is 5.76. The first kappa shape index (κ1) is 23.9. The van der Waals surface area contributed by atoms with E-state index >= 15 is 0 Å². The first-order chi connectivity index (χ1) is 11.4. The number of hydrogen-bond donors (Lipinski definition) is 0. The molecule has 1 aliphatic heterocycles. The zero-order valence-corrected chi connectivity index (χ0v) is 20.1. The highest BCUT2D eigenvalue weighted by atomic mass is 32.2. The van der Waals surface area contributed by atoms with Crippen molar-refractivity contribution in [3.63, 3.8) is 0 Å². The van der Waals surface area contributed by atoms with E-state index in [1.54, 1.807) is 11.8 Å². The van der Waals surface area contributed by atoms with Crippen molar-refractivity contribution in [1.29, 1.82) is 0 Å². The summed E-state index contributed by atoms with van der Waals surface area (Å²) in [6, 6.07) is 0. The first-order valence-corrected chi connectivity index (χ1v) is 11.5. The van der Waals surface area contributed by atoms with Crippen LogP contribution in [0.25, 0.3) is 0 Å². The Bertz CT molecular complexity index is 527. The molecular weight excluding hydrogens is 362 g/mol. The van der Waals surface area contributed by atoms with Crippen molar-refractivity contribution in [2.45, 2.75) is 109 Å². The van der Waals surface area contributed by atoms with Gasteiger partial charge in [-0.2, -0.15) is 11.8 Å². The lowest BCUT2D eigenvalue weighted by Crippen LogP contribution is -2.46. The highest BCUT2D eigenvalue weighted by Crippen LogP contribution is 2.42. The third-order valence-corrected chi connectivity index (χ3v) is 7.82. The third-order valence-electron chi connectivity index (χ3n) is 4.54. The number of carbonyl (C=O) groups is 2. The van der Waals surface area contributed by atoms with E-state index in [1.807, 2.05) is 32.5 Å². The van der Waals surface area contributed by atoms with Crippen LogP contribution in [-0.2, 0) is 9.59 Å². The highest BCUT2D eigenvalue weighted by molar-refractivity contribution is 8.02. The van der Waals surface area contributed by atoms with Gasteiger partial charge < -0.3 is 0 Å². The fraction of sp³-hybridized carbons (Fsp3) is 0.905. The maximum atomic E-state index is 12.7. The molecule has 1 rings (SSSR count).